The third kappa shape index (κ3) is 2.72. The summed E-state index contributed by atoms with van der Waals surface area (Å²) >= 11 is 1.56. The van der Waals surface area contributed by atoms with E-state index in [0.29, 0.717) is 17.7 Å². The number of nitrogens with two attached hydrogens (primary N) is 1. The molecule has 0 aliphatic carbocycles. The van der Waals surface area contributed by atoms with E-state index in [1.165, 1.54) is 26.3 Å². The number of rotatable bonds is 5. The van der Waals surface area contributed by atoms with Gasteiger partial charge in [0, 0.05) is 19.0 Å². The molecule has 26 heavy (non-hydrogen) atoms. The molecule has 1 aromatic carbocycles. The highest BCUT2D eigenvalue weighted by Crippen LogP contribution is 2.45. The minimum Gasteiger partial charge on any atom is -0.464 e. The molecule has 2 saturated heterocycles. The lowest BCUT2D eigenvalue weighted by molar-refractivity contribution is -0.734. The van der Waals surface area contributed by atoms with Crippen molar-refractivity contribution in [2.45, 2.75) is 18.0 Å². The molecule has 2 N–H and O–H groups in total. The largest absolute Gasteiger partial charge is 0.464 e. The van der Waals surface area contributed by atoms with E-state index in [2.05, 4.69) is 0 Å². The molecule has 0 saturated carbocycles. The molecule has 0 aromatic heterocycles. The lowest BCUT2D eigenvalue weighted by Crippen LogP contribution is -2.98. The van der Waals surface area contributed by atoms with E-state index in [0.717, 1.165) is 4.90 Å². The number of thioether (sulfide) groups is 1. The number of hydrogen-bond donors (Lipinski definition) is 1. The fourth-order valence-electron chi connectivity index (χ4n) is 4.25. The SMILES string of the molecule is COC(=O)[C@]1(CCSC)[NH2+][C@@H](c2ccc(F)cc2)[C@H]2C(=O)N(C)C(=O)[C@@H]21. The molecule has 3 rings (SSSR count). The van der Waals surface area contributed by atoms with Gasteiger partial charge in [0.2, 0.25) is 17.4 Å². The molecule has 6 nitrogen and oxygen atoms in total. The Morgan fingerprint density at radius 2 is 1.96 bits per heavy atom. The van der Waals surface area contributed by atoms with Crippen molar-refractivity contribution in [3.63, 3.8) is 0 Å². The smallest absolute Gasteiger partial charge is 0.368 e. The normalized spacial score (nSPS) is 30.6. The predicted octanol–water partition coefficient (Wildman–Crippen LogP) is 0.340. The summed E-state index contributed by atoms with van der Waals surface area (Å²) in [6, 6.07) is 5.41. The van der Waals surface area contributed by atoms with E-state index in [4.69, 9.17) is 4.74 Å². The average molecular weight is 381 g/mol. The van der Waals surface area contributed by atoms with Crippen LogP contribution in [0.15, 0.2) is 24.3 Å². The molecular weight excluding hydrogens is 359 g/mol. The first kappa shape index (κ1) is 18.8. The second-order valence-corrected chi connectivity index (χ2v) is 7.74. The number of fused-ring (bicyclic) bond motifs is 1. The van der Waals surface area contributed by atoms with Crippen LogP contribution in [-0.4, -0.2) is 54.4 Å². The Morgan fingerprint density at radius 1 is 1.31 bits per heavy atom. The highest BCUT2D eigenvalue weighted by Gasteiger charge is 2.71. The van der Waals surface area contributed by atoms with Gasteiger partial charge in [0.1, 0.15) is 23.7 Å². The molecule has 2 fully saturated rings. The van der Waals surface area contributed by atoms with Crippen LogP contribution in [0.4, 0.5) is 4.39 Å². The zero-order chi connectivity index (χ0) is 19.1. The standard InChI is InChI=1S/C18H21FN2O4S/c1-21-15(22)12-13(16(21)23)18(8-9-26-3,17(24)25-2)20-14(12)10-4-6-11(19)7-5-10/h4-7,12-14,20H,8-9H2,1-3H3/p+1/t12-,13+,14-,18+/m0/s1. The predicted molar refractivity (Wildman–Crippen MR) is 93.6 cm³/mol. The minimum absolute atomic E-state index is 0.305. The maximum Gasteiger partial charge on any atom is 0.368 e. The molecule has 8 heteroatoms. The van der Waals surface area contributed by atoms with Gasteiger partial charge in [-0.1, -0.05) is 12.1 Å². The highest BCUT2D eigenvalue weighted by atomic mass is 32.2. The van der Waals surface area contributed by atoms with Crippen LogP contribution in [0.3, 0.4) is 0 Å². The maximum atomic E-state index is 13.3. The van der Waals surface area contributed by atoms with Crippen molar-refractivity contribution in [3.05, 3.63) is 35.6 Å². The second kappa shape index (κ2) is 7.00. The van der Waals surface area contributed by atoms with Crippen molar-refractivity contribution in [2.24, 2.45) is 11.8 Å². The zero-order valence-electron chi connectivity index (χ0n) is 14.9. The number of esters is 1. The van der Waals surface area contributed by atoms with Gasteiger partial charge in [-0.2, -0.15) is 11.8 Å². The molecule has 1 aromatic rings. The van der Waals surface area contributed by atoms with Gasteiger partial charge in [-0.15, -0.1) is 0 Å². The van der Waals surface area contributed by atoms with Crippen LogP contribution in [0.1, 0.15) is 18.0 Å². The van der Waals surface area contributed by atoms with Crippen LogP contribution < -0.4 is 5.32 Å². The number of likely N-dealkylation sites (tertiary alicyclic amines) is 1. The van der Waals surface area contributed by atoms with Crippen LogP contribution in [0.25, 0.3) is 0 Å². The Balaban J connectivity index is 2.11. The average Bonchev–Trinajstić information content (AvgIpc) is 3.10. The van der Waals surface area contributed by atoms with Crippen molar-refractivity contribution in [1.82, 2.24) is 4.90 Å². The van der Waals surface area contributed by atoms with E-state index in [1.807, 2.05) is 6.26 Å². The summed E-state index contributed by atoms with van der Waals surface area (Å²) in [4.78, 5) is 39.5. The number of quaternary nitrogens is 1. The van der Waals surface area contributed by atoms with Gasteiger partial charge in [-0.3, -0.25) is 14.5 Å². The number of nitrogens with zero attached hydrogens (tertiary/aromatic N) is 1. The van der Waals surface area contributed by atoms with Crippen molar-refractivity contribution in [1.29, 1.82) is 0 Å². The van der Waals surface area contributed by atoms with E-state index < -0.39 is 29.4 Å². The van der Waals surface area contributed by atoms with E-state index in [9.17, 15) is 18.8 Å². The summed E-state index contributed by atoms with van der Waals surface area (Å²) in [5, 5.41) is 1.79. The van der Waals surface area contributed by atoms with Crippen LogP contribution >= 0.6 is 11.8 Å². The number of hydrogen-bond acceptors (Lipinski definition) is 5. The summed E-state index contributed by atoms with van der Waals surface area (Å²) in [6.45, 7) is 0. The Bertz CT molecular complexity index is 741. The van der Waals surface area contributed by atoms with Crippen molar-refractivity contribution >= 4 is 29.5 Å². The van der Waals surface area contributed by atoms with Crippen molar-refractivity contribution in [2.75, 3.05) is 26.2 Å². The van der Waals surface area contributed by atoms with Crippen molar-refractivity contribution < 1.29 is 28.8 Å². The lowest BCUT2D eigenvalue weighted by atomic mass is 9.78. The molecule has 2 aliphatic rings. The monoisotopic (exact) mass is 381 g/mol. The van der Waals surface area contributed by atoms with Gasteiger partial charge < -0.3 is 10.1 Å². The fourth-order valence-corrected chi connectivity index (χ4v) is 4.79. The first-order chi connectivity index (χ1) is 12.4. The fraction of sp³-hybridized carbons (Fsp3) is 0.500. The summed E-state index contributed by atoms with van der Waals surface area (Å²) in [7, 11) is 2.74. The lowest BCUT2D eigenvalue weighted by Gasteiger charge is -2.28. The molecule has 2 heterocycles. The topological polar surface area (TPSA) is 80.3 Å². The number of amides is 2. The number of halogens is 1. The van der Waals surface area contributed by atoms with Gasteiger partial charge in [-0.05, 0) is 24.1 Å². The minimum atomic E-state index is -1.15. The first-order valence-corrected chi connectivity index (χ1v) is 9.77. The Labute approximate surface area is 155 Å². The third-order valence-corrected chi connectivity index (χ3v) is 6.14. The van der Waals surface area contributed by atoms with Gasteiger partial charge in [-0.25, -0.2) is 9.18 Å². The maximum absolute atomic E-state index is 13.3. The van der Waals surface area contributed by atoms with Crippen LogP contribution in [0, 0.1) is 17.7 Å². The van der Waals surface area contributed by atoms with Gasteiger partial charge >= 0.3 is 5.97 Å². The third-order valence-electron chi connectivity index (χ3n) is 5.53. The van der Waals surface area contributed by atoms with E-state index >= 15 is 0 Å². The molecule has 2 amide bonds. The van der Waals surface area contributed by atoms with Crippen molar-refractivity contribution in [3.8, 4) is 0 Å². The molecule has 0 spiro atoms. The molecule has 4 atom stereocenters. The molecular formula is C18H22FN2O4S+. The first-order valence-electron chi connectivity index (χ1n) is 8.37. The van der Waals surface area contributed by atoms with Gasteiger partial charge in [0.05, 0.1) is 7.11 Å². The Morgan fingerprint density at radius 3 is 2.54 bits per heavy atom. The molecule has 2 aliphatic heterocycles. The summed E-state index contributed by atoms with van der Waals surface area (Å²) in [5.41, 5.74) is -0.438. The summed E-state index contributed by atoms with van der Waals surface area (Å²) in [6.07, 6.45) is 2.33. The van der Waals surface area contributed by atoms with E-state index in [1.54, 1.807) is 29.2 Å². The molecule has 140 valence electrons. The summed E-state index contributed by atoms with van der Waals surface area (Å²) in [5.74, 6) is -2.34. The quantitative estimate of drug-likeness (QED) is 0.588. The Hall–Kier alpha value is -1.93. The number of imide groups is 1. The zero-order valence-corrected chi connectivity index (χ0v) is 15.7. The van der Waals surface area contributed by atoms with Crippen LogP contribution in [0.2, 0.25) is 0 Å². The van der Waals surface area contributed by atoms with E-state index in [-0.39, 0.29) is 17.6 Å². The van der Waals surface area contributed by atoms with Crippen LogP contribution in [-0.2, 0) is 19.1 Å². The number of carbonyl (C=O) groups is 3. The highest BCUT2D eigenvalue weighted by molar-refractivity contribution is 7.98. The number of methoxy groups -OCH3 is 1. The van der Waals surface area contributed by atoms with Gasteiger partial charge in [0.25, 0.3) is 0 Å². The number of ether oxygens (including phenoxy) is 1. The molecule has 0 radical (unpaired) electrons. The Kier molecular flexibility index (Phi) is 5.07. The van der Waals surface area contributed by atoms with Crippen LogP contribution in [0.5, 0.6) is 0 Å². The number of carbonyl (C=O) groups excluding carboxylic acids is 3. The molecule has 0 bridgehead atoms. The van der Waals surface area contributed by atoms with Gasteiger partial charge in [0.15, 0.2) is 0 Å². The second-order valence-electron chi connectivity index (χ2n) is 6.76. The molecule has 0 unspecified atom stereocenters. The summed E-state index contributed by atoms with van der Waals surface area (Å²) < 4.78 is 18.4. The number of benzene rings is 1.